The minimum atomic E-state index is -4.78. The zero-order chi connectivity index (χ0) is 16.5. The van der Waals surface area contributed by atoms with Crippen LogP contribution >= 0.6 is 0 Å². The third-order valence-corrected chi connectivity index (χ3v) is 4.67. The molecule has 1 amide bonds. The molecule has 0 spiro atoms. The minimum absolute atomic E-state index is 0.00135. The summed E-state index contributed by atoms with van der Waals surface area (Å²) in [5, 5.41) is 2.42. The molecule has 1 aliphatic rings. The van der Waals surface area contributed by atoms with Crippen molar-refractivity contribution in [3.05, 3.63) is 29.6 Å². The zero-order valence-electron chi connectivity index (χ0n) is 11.1. The topological polar surface area (TPSA) is 75.3 Å². The van der Waals surface area contributed by atoms with Crippen molar-refractivity contribution in [3.63, 3.8) is 0 Å². The fourth-order valence-corrected chi connectivity index (χ4v) is 3.38. The van der Waals surface area contributed by atoms with Gasteiger partial charge in [0.1, 0.15) is 10.7 Å². The molecule has 0 aliphatic carbocycles. The Morgan fingerprint density at radius 1 is 1.27 bits per heavy atom. The molecule has 1 atom stereocenters. The summed E-state index contributed by atoms with van der Waals surface area (Å²) in [7, 11) is -4.47. The highest BCUT2D eigenvalue weighted by Crippen LogP contribution is 2.31. The lowest BCUT2D eigenvalue weighted by Gasteiger charge is -2.23. The number of piperidine rings is 1. The minimum Gasteiger partial charge on any atom is -0.355 e. The van der Waals surface area contributed by atoms with Crippen molar-refractivity contribution in [1.82, 2.24) is 10.0 Å². The number of amides is 1. The van der Waals surface area contributed by atoms with Gasteiger partial charge in [-0.1, -0.05) is 0 Å². The van der Waals surface area contributed by atoms with E-state index in [1.165, 1.54) is 0 Å². The summed E-state index contributed by atoms with van der Waals surface area (Å²) in [5.41, 5.74) is -1.26. The summed E-state index contributed by atoms with van der Waals surface area (Å²) in [6, 6.07) is 0.477. The molecule has 1 aromatic carbocycles. The molecular formula is C12H12F4N2O3S. The number of benzene rings is 1. The number of rotatable bonds is 3. The Hall–Kier alpha value is -1.68. The first-order valence-electron chi connectivity index (χ1n) is 6.25. The SMILES string of the molecule is O=C1CC[C@H](NS(=O)(=O)c2cc(C(F)(F)F)ccc2F)CN1. The summed E-state index contributed by atoms with van der Waals surface area (Å²) in [6.07, 6.45) is -4.51. The molecular weight excluding hydrogens is 328 g/mol. The van der Waals surface area contributed by atoms with Crippen molar-refractivity contribution in [2.45, 2.75) is 30.0 Å². The Kier molecular flexibility index (Phi) is 4.43. The maximum Gasteiger partial charge on any atom is 0.416 e. The molecule has 122 valence electrons. The maximum absolute atomic E-state index is 13.6. The lowest BCUT2D eigenvalue weighted by Crippen LogP contribution is -2.47. The van der Waals surface area contributed by atoms with Crippen LogP contribution in [0.5, 0.6) is 0 Å². The van der Waals surface area contributed by atoms with E-state index in [1.807, 2.05) is 0 Å². The first-order valence-corrected chi connectivity index (χ1v) is 7.74. The predicted molar refractivity (Wildman–Crippen MR) is 67.8 cm³/mol. The molecule has 2 rings (SSSR count). The van der Waals surface area contributed by atoms with Gasteiger partial charge in [-0.05, 0) is 24.6 Å². The molecule has 1 fully saturated rings. The third kappa shape index (κ3) is 3.74. The van der Waals surface area contributed by atoms with Crippen molar-refractivity contribution < 1.29 is 30.8 Å². The average Bonchev–Trinajstić information content (AvgIpc) is 2.40. The highest BCUT2D eigenvalue weighted by molar-refractivity contribution is 7.89. The van der Waals surface area contributed by atoms with Gasteiger partial charge in [0.15, 0.2) is 0 Å². The lowest BCUT2D eigenvalue weighted by atomic mass is 10.1. The second kappa shape index (κ2) is 5.84. The molecule has 1 aliphatic heterocycles. The molecule has 0 bridgehead atoms. The van der Waals surface area contributed by atoms with E-state index in [2.05, 4.69) is 10.0 Å². The Bertz CT molecular complexity index is 678. The smallest absolute Gasteiger partial charge is 0.355 e. The Balaban J connectivity index is 2.27. The summed E-state index contributed by atoms with van der Waals surface area (Å²) in [4.78, 5) is 9.91. The number of alkyl halides is 3. The predicted octanol–water partition coefficient (Wildman–Crippen LogP) is 1.40. The largest absolute Gasteiger partial charge is 0.416 e. The number of halogens is 4. The van der Waals surface area contributed by atoms with Crippen molar-refractivity contribution >= 4 is 15.9 Å². The van der Waals surface area contributed by atoms with Crippen LogP contribution in [0.25, 0.3) is 0 Å². The molecule has 5 nitrogen and oxygen atoms in total. The van der Waals surface area contributed by atoms with E-state index in [4.69, 9.17) is 0 Å². The van der Waals surface area contributed by atoms with Gasteiger partial charge in [-0.25, -0.2) is 17.5 Å². The van der Waals surface area contributed by atoms with Crippen LogP contribution in [0.15, 0.2) is 23.1 Å². The molecule has 2 N–H and O–H groups in total. The first kappa shape index (κ1) is 16.7. The van der Waals surface area contributed by atoms with E-state index in [-0.39, 0.29) is 31.4 Å². The molecule has 22 heavy (non-hydrogen) atoms. The van der Waals surface area contributed by atoms with Gasteiger partial charge in [0.05, 0.1) is 5.56 Å². The van der Waals surface area contributed by atoms with E-state index >= 15 is 0 Å². The van der Waals surface area contributed by atoms with Crippen LogP contribution in [0.3, 0.4) is 0 Å². The highest BCUT2D eigenvalue weighted by atomic mass is 32.2. The van der Waals surface area contributed by atoms with E-state index in [1.54, 1.807) is 0 Å². The number of hydrogen-bond donors (Lipinski definition) is 2. The normalized spacial score (nSPS) is 19.8. The second-order valence-electron chi connectivity index (χ2n) is 4.80. The monoisotopic (exact) mass is 340 g/mol. The van der Waals surface area contributed by atoms with Gasteiger partial charge in [-0.15, -0.1) is 0 Å². The molecule has 1 saturated heterocycles. The van der Waals surface area contributed by atoms with E-state index < -0.39 is 38.5 Å². The molecule has 0 saturated carbocycles. The summed E-state index contributed by atoms with van der Waals surface area (Å²) in [6.45, 7) is -0.00135. The average molecular weight is 340 g/mol. The van der Waals surface area contributed by atoms with Crippen LogP contribution in [0.2, 0.25) is 0 Å². The van der Waals surface area contributed by atoms with Gasteiger partial charge in [0.2, 0.25) is 15.9 Å². The number of nitrogens with one attached hydrogen (secondary N) is 2. The quantitative estimate of drug-likeness (QED) is 0.817. The first-order chi connectivity index (χ1) is 10.1. The molecule has 0 radical (unpaired) electrons. The second-order valence-corrected chi connectivity index (χ2v) is 6.49. The summed E-state index contributed by atoms with van der Waals surface area (Å²) in [5.74, 6) is -1.53. The van der Waals surface area contributed by atoms with E-state index in [0.29, 0.717) is 12.1 Å². The van der Waals surface area contributed by atoms with Crippen LogP contribution in [0, 0.1) is 5.82 Å². The molecule has 0 unspecified atom stereocenters. The van der Waals surface area contributed by atoms with Crippen LogP contribution in [0.4, 0.5) is 17.6 Å². The fraction of sp³-hybridized carbons (Fsp3) is 0.417. The molecule has 1 heterocycles. The molecule has 1 aromatic rings. The Morgan fingerprint density at radius 2 is 1.95 bits per heavy atom. The summed E-state index contributed by atoms with van der Waals surface area (Å²) >= 11 is 0. The molecule has 10 heteroatoms. The summed E-state index contributed by atoms with van der Waals surface area (Å²) < 4.78 is 77.6. The van der Waals surface area contributed by atoms with Gasteiger partial charge in [-0.3, -0.25) is 4.79 Å². The van der Waals surface area contributed by atoms with Crippen molar-refractivity contribution in [2.24, 2.45) is 0 Å². The van der Waals surface area contributed by atoms with Crippen molar-refractivity contribution in [1.29, 1.82) is 0 Å². The number of hydrogen-bond acceptors (Lipinski definition) is 3. The van der Waals surface area contributed by atoms with Gasteiger partial charge in [0, 0.05) is 19.0 Å². The fourth-order valence-electron chi connectivity index (χ4n) is 2.00. The maximum atomic E-state index is 13.6. The van der Waals surface area contributed by atoms with Gasteiger partial charge in [0.25, 0.3) is 0 Å². The van der Waals surface area contributed by atoms with Crippen LogP contribution in [0.1, 0.15) is 18.4 Å². The van der Waals surface area contributed by atoms with Crippen LogP contribution in [-0.2, 0) is 21.0 Å². The van der Waals surface area contributed by atoms with Crippen molar-refractivity contribution in [2.75, 3.05) is 6.54 Å². The van der Waals surface area contributed by atoms with E-state index in [9.17, 15) is 30.8 Å². The number of sulfonamides is 1. The number of carbonyl (C=O) groups excluding carboxylic acids is 1. The molecule has 0 aromatic heterocycles. The van der Waals surface area contributed by atoms with Crippen LogP contribution < -0.4 is 10.0 Å². The lowest BCUT2D eigenvalue weighted by molar-refractivity contribution is -0.137. The van der Waals surface area contributed by atoms with Gasteiger partial charge >= 0.3 is 6.18 Å². The zero-order valence-corrected chi connectivity index (χ0v) is 11.9. The van der Waals surface area contributed by atoms with Crippen molar-refractivity contribution in [3.8, 4) is 0 Å². The van der Waals surface area contributed by atoms with Gasteiger partial charge in [-0.2, -0.15) is 13.2 Å². The number of carbonyl (C=O) groups is 1. The van der Waals surface area contributed by atoms with Gasteiger partial charge < -0.3 is 5.32 Å². The Labute approximate surface area is 123 Å². The standard InChI is InChI=1S/C12H12F4N2O3S/c13-9-3-1-7(12(14,15)16)5-10(9)22(20,21)18-8-2-4-11(19)17-6-8/h1,3,5,8,18H,2,4,6H2,(H,17,19)/t8-/m0/s1. The third-order valence-electron chi connectivity index (χ3n) is 3.14. The van der Waals surface area contributed by atoms with Crippen LogP contribution in [-0.4, -0.2) is 26.9 Å². The van der Waals surface area contributed by atoms with E-state index in [0.717, 1.165) is 0 Å². The Morgan fingerprint density at radius 3 is 2.50 bits per heavy atom. The highest BCUT2D eigenvalue weighted by Gasteiger charge is 2.34.